The summed E-state index contributed by atoms with van der Waals surface area (Å²) >= 11 is 0. The highest BCUT2D eigenvalue weighted by Gasteiger charge is 2.28. The van der Waals surface area contributed by atoms with Crippen molar-refractivity contribution in [3.63, 3.8) is 0 Å². The van der Waals surface area contributed by atoms with Gasteiger partial charge in [-0.15, -0.1) is 0 Å². The van der Waals surface area contributed by atoms with Gasteiger partial charge in [0.2, 0.25) is 11.8 Å². The van der Waals surface area contributed by atoms with Gasteiger partial charge in [-0.3, -0.25) is 9.89 Å². The Balaban J connectivity index is 1.25. The van der Waals surface area contributed by atoms with Crippen LogP contribution < -0.4 is 5.32 Å². The summed E-state index contributed by atoms with van der Waals surface area (Å²) in [5.41, 5.74) is 1.87. The molecule has 32 heavy (non-hydrogen) atoms. The fourth-order valence-electron chi connectivity index (χ4n) is 5.03. The average molecular weight is 438 g/mol. The molecule has 0 radical (unpaired) electrons. The lowest BCUT2D eigenvalue weighted by molar-refractivity contribution is -0.132. The highest BCUT2D eigenvalue weighted by Crippen LogP contribution is 2.29. The van der Waals surface area contributed by atoms with E-state index < -0.39 is 0 Å². The molecule has 2 N–H and O–H groups in total. The molecule has 1 saturated heterocycles. The number of amides is 1. The van der Waals surface area contributed by atoms with E-state index in [1.165, 1.54) is 32.1 Å². The first-order valence-electron chi connectivity index (χ1n) is 11.8. The minimum absolute atomic E-state index is 0.121. The molecule has 5 rings (SSSR count). The third-order valence-electron chi connectivity index (χ3n) is 6.74. The summed E-state index contributed by atoms with van der Waals surface area (Å²) in [6.07, 6.45) is 10.9. The molecule has 1 amide bonds. The minimum atomic E-state index is 0.121. The van der Waals surface area contributed by atoms with E-state index in [0.29, 0.717) is 37.1 Å². The standard InChI is InChI=1S/C23H31N7O2/c1-15-25-23(32-29-15)16-6-5-13-30(14-16)20(31)10-9-18-21-19(28-27-18)11-12-24-22(21)26-17-7-3-2-4-8-17/h11-12,16-17H,2-10,13-14H2,1H3,(H,24,26)(H,27,28). The Bertz CT molecular complexity index is 1070. The van der Waals surface area contributed by atoms with Crippen LogP contribution >= 0.6 is 0 Å². The number of rotatable bonds is 6. The van der Waals surface area contributed by atoms with Crippen LogP contribution in [0, 0.1) is 6.92 Å². The lowest BCUT2D eigenvalue weighted by atomic mass is 9.95. The van der Waals surface area contributed by atoms with Gasteiger partial charge in [-0.25, -0.2) is 4.98 Å². The van der Waals surface area contributed by atoms with Gasteiger partial charge in [0.25, 0.3) is 0 Å². The van der Waals surface area contributed by atoms with Gasteiger partial charge in [-0.1, -0.05) is 24.4 Å². The molecule has 3 aromatic rings. The van der Waals surface area contributed by atoms with Crippen molar-refractivity contribution in [3.8, 4) is 0 Å². The zero-order valence-electron chi connectivity index (χ0n) is 18.6. The van der Waals surface area contributed by atoms with Gasteiger partial charge >= 0.3 is 0 Å². The normalized spacial score (nSPS) is 20.0. The number of nitrogens with zero attached hydrogens (tertiary/aromatic N) is 5. The molecule has 2 fully saturated rings. The van der Waals surface area contributed by atoms with E-state index in [-0.39, 0.29) is 11.8 Å². The Labute approximate surface area is 187 Å². The van der Waals surface area contributed by atoms with Gasteiger partial charge in [0, 0.05) is 38.2 Å². The number of hydrogen-bond acceptors (Lipinski definition) is 7. The van der Waals surface area contributed by atoms with Crippen molar-refractivity contribution in [1.29, 1.82) is 0 Å². The number of aromatic amines is 1. The predicted molar refractivity (Wildman–Crippen MR) is 120 cm³/mol. The number of piperidine rings is 1. The van der Waals surface area contributed by atoms with Gasteiger partial charge in [0.05, 0.1) is 22.5 Å². The van der Waals surface area contributed by atoms with Crippen molar-refractivity contribution < 1.29 is 9.32 Å². The van der Waals surface area contributed by atoms with Crippen LogP contribution in [0.5, 0.6) is 0 Å². The zero-order valence-corrected chi connectivity index (χ0v) is 18.6. The van der Waals surface area contributed by atoms with Gasteiger partial charge in [0.1, 0.15) is 5.82 Å². The molecule has 3 aromatic heterocycles. The smallest absolute Gasteiger partial charge is 0.231 e. The topological polar surface area (TPSA) is 113 Å². The number of anilines is 1. The first-order chi connectivity index (χ1) is 15.7. The SMILES string of the molecule is Cc1noc(C2CCCN(C(=O)CCc3n[nH]c4ccnc(NC5CCCCC5)c34)C2)n1. The first kappa shape index (κ1) is 20.9. The monoisotopic (exact) mass is 437 g/mol. The fourth-order valence-corrected chi connectivity index (χ4v) is 5.03. The van der Waals surface area contributed by atoms with Crippen LogP contribution in [0.4, 0.5) is 5.82 Å². The van der Waals surface area contributed by atoms with E-state index in [2.05, 4.69) is 30.6 Å². The highest BCUT2D eigenvalue weighted by molar-refractivity contribution is 5.92. The van der Waals surface area contributed by atoms with Crippen molar-refractivity contribution >= 4 is 22.6 Å². The summed E-state index contributed by atoms with van der Waals surface area (Å²) in [5.74, 6) is 2.43. The van der Waals surface area contributed by atoms with Crippen molar-refractivity contribution in [2.24, 2.45) is 0 Å². The number of carbonyl (C=O) groups is 1. The number of carbonyl (C=O) groups excluding carboxylic acids is 1. The van der Waals surface area contributed by atoms with Gasteiger partial charge in [-0.2, -0.15) is 10.1 Å². The number of H-pyrrole nitrogens is 1. The summed E-state index contributed by atoms with van der Waals surface area (Å²) < 4.78 is 5.35. The Morgan fingerprint density at radius 3 is 2.94 bits per heavy atom. The molecule has 9 heteroatoms. The molecule has 0 aromatic carbocycles. The van der Waals surface area contributed by atoms with Crippen molar-refractivity contribution in [2.75, 3.05) is 18.4 Å². The van der Waals surface area contributed by atoms with Gasteiger partial charge in [-0.05, 0) is 38.7 Å². The lowest BCUT2D eigenvalue weighted by Gasteiger charge is -2.31. The maximum absolute atomic E-state index is 13.0. The van der Waals surface area contributed by atoms with E-state index in [9.17, 15) is 4.79 Å². The number of likely N-dealkylation sites (tertiary alicyclic amines) is 1. The van der Waals surface area contributed by atoms with Crippen LogP contribution in [0.2, 0.25) is 0 Å². The molecule has 1 atom stereocenters. The number of aromatic nitrogens is 5. The van der Waals surface area contributed by atoms with E-state index in [0.717, 1.165) is 41.8 Å². The van der Waals surface area contributed by atoms with Gasteiger partial charge in [0.15, 0.2) is 5.82 Å². The number of fused-ring (bicyclic) bond motifs is 1. The van der Waals surface area contributed by atoms with Crippen LogP contribution in [0.3, 0.4) is 0 Å². The number of hydrogen-bond donors (Lipinski definition) is 2. The largest absolute Gasteiger partial charge is 0.367 e. The second-order valence-electron chi connectivity index (χ2n) is 9.09. The molecule has 1 aliphatic carbocycles. The Kier molecular flexibility index (Phi) is 6.05. The molecule has 1 unspecified atom stereocenters. The van der Waals surface area contributed by atoms with E-state index in [1.807, 2.05) is 24.1 Å². The summed E-state index contributed by atoms with van der Waals surface area (Å²) in [5, 5.41) is 16.2. The molecule has 0 bridgehead atoms. The molecule has 0 spiro atoms. The number of nitrogens with one attached hydrogen (secondary N) is 2. The Hall–Kier alpha value is -2.97. The number of pyridine rings is 1. The second-order valence-corrected chi connectivity index (χ2v) is 9.09. The first-order valence-corrected chi connectivity index (χ1v) is 11.8. The van der Waals surface area contributed by atoms with Crippen LogP contribution in [0.15, 0.2) is 16.8 Å². The molecule has 1 saturated carbocycles. The van der Waals surface area contributed by atoms with Crippen LogP contribution in [-0.2, 0) is 11.2 Å². The molecule has 4 heterocycles. The van der Waals surface area contributed by atoms with E-state index in [4.69, 9.17) is 4.52 Å². The Morgan fingerprint density at radius 1 is 1.25 bits per heavy atom. The molecular weight excluding hydrogens is 406 g/mol. The maximum atomic E-state index is 13.0. The molecule has 1 aliphatic heterocycles. The Morgan fingerprint density at radius 2 is 2.12 bits per heavy atom. The minimum Gasteiger partial charge on any atom is -0.367 e. The molecule has 170 valence electrons. The fraction of sp³-hybridized carbons (Fsp3) is 0.609. The van der Waals surface area contributed by atoms with Gasteiger partial charge < -0.3 is 14.7 Å². The quantitative estimate of drug-likeness (QED) is 0.604. The molecule has 2 aliphatic rings. The second kappa shape index (κ2) is 9.26. The highest BCUT2D eigenvalue weighted by atomic mass is 16.5. The van der Waals surface area contributed by atoms with Crippen molar-refractivity contribution in [1.82, 2.24) is 30.2 Å². The van der Waals surface area contributed by atoms with Crippen LogP contribution in [0.1, 0.15) is 74.7 Å². The molecule has 9 nitrogen and oxygen atoms in total. The third kappa shape index (κ3) is 4.47. The summed E-state index contributed by atoms with van der Waals surface area (Å²) in [7, 11) is 0. The summed E-state index contributed by atoms with van der Waals surface area (Å²) in [6, 6.07) is 2.41. The van der Waals surface area contributed by atoms with Crippen LogP contribution in [-0.4, -0.2) is 55.3 Å². The summed E-state index contributed by atoms with van der Waals surface area (Å²) in [4.78, 5) is 23.9. The maximum Gasteiger partial charge on any atom is 0.231 e. The zero-order chi connectivity index (χ0) is 21.9. The summed E-state index contributed by atoms with van der Waals surface area (Å²) in [6.45, 7) is 3.23. The predicted octanol–water partition coefficient (Wildman–Crippen LogP) is 3.73. The molecular formula is C23H31N7O2. The third-order valence-corrected chi connectivity index (χ3v) is 6.74. The van der Waals surface area contributed by atoms with E-state index in [1.54, 1.807) is 0 Å². The lowest BCUT2D eigenvalue weighted by Crippen LogP contribution is -2.39. The average Bonchev–Trinajstić information content (AvgIpc) is 3.45. The van der Waals surface area contributed by atoms with E-state index >= 15 is 0 Å². The van der Waals surface area contributed by atoms with Crippen molar-refractivity contribution in [2.45, 2.75) is 76.7 Å². The van der Waals surface area contributed by atoms with Crippen LogP contribution in [0.25, 0.3) is 10.9 Å². The number of aryl methyl sites for hydroxylation is 2. The van der Waals surface area contributed by atoms with Crippen molar-refractivity contribution in [3.05, 3.63) is 29.7 Å².